The predicted molar refractivity (Wildman–Crippen MR) is 36.8 cm³/mol. The standard InChI is InChI=1S/C6H10N2O2/c1-4-5(2-3-7)10-8-6(4)9/h2-3,7H2,1H3,(H,8,9). The molecule has 1 rings (SSSR count). The second-order valence-electron chi connectivity index (χ2n) is 2.12. The van der Waals surface area contributed by atoms with Crippen molar-refractivity contribution in [3.8, 4) is 0 Å². The predicted octanol–water partition coefficient (Wildman–Crippen LogP) is -0.222. The van der Waals surface area contributed by atoms with Crippen LogP contribution in [0.3, 0.4) is 0 Å². The molecule has 0 saturated carbocycles. The molecule has 0 aliphatic carbocycles. The van der Waals surface area contributed by atoms with Gasteiger partial charge in [0, 0.05) is 6.42 Å². The Morgan fingerprint density at radius 1 is 1.70 bits per heavy atom. The van der Waals surface area contributed by atoms with Crippen LogP contribution in [0, 0.1) is 6.92 Å². The molecule has 0 saturated heterocycles. The van der Waals surface area contributed by atoms with Gasteiger partial charge in [-0.15, -0.1) is 0 Å². The number of aromatic nitrogens is 1. The maximum absolute atomic E-state index is 10.7. The van der Waals surface area contributed by atoms with Gasteiger partial charge < -0.3 is 10.3 Å². The maximum atomic E-state index is 10.7. The summed E-state index contributed by atoms with van der Waals surface area (Å²) in [6.45, 7) is 2.22. The zero-order chi connectivity index (χ0) is 7.56. The molecule has 1 aromatic heterocycles. The summed E-state index contributed by atoms with van der Waals surface area (Å²) in [5.74, 6) is 0.660. The summed E-state index contributed by atoms with van der Waals surface area (Å²) >= 11 is 0. The average molecular weight is 142 g/mol. The third kappa shape index (κ3) is 1.11. The van der Waals surface area contributed by atoms with E-state index in [0.29, 0.717) is 24.3 Å². The van der Waals surface area contributed by atoms with Crippen molar-refractivity contribution in [1.82, 2.24) is 5.16 Å². The van der Waals surface area contributed by atoms with E-state index in [1.54, 1.807) is 6.92 Å². The Bertz CT molecular complexity index is 261. The lowest BCUT2D eigenvalue weighted by molar-refractivity contribution is 0.379. The van der Waals surface area contributed by atoms with Crippen molar-refractivity contribution >= 4 is 0 Å². The maximum Gasteiger partial charge on any atom is 0.283 e. The normalized spacial score (nSPS) is 10.2. The molecule has 0 amide bonds. The fraction of sp³-hybridized carbons (Fsp3) is 0.500. The fourth-order valence-corrected chi connectivity index (χ4v) is 0.757. The Hall–Kier alpha value is -1.03. The summed E-state index contributed by atoms with van der Waals surface area (Å²) < 4.78 is 4.82. The third-order valence-electron chi connectivity index (χ3n) is 1.40. The van der Waals surface area contributed by atoms with E-state index in [1.807, 2.05) is 0 Å². The molecule has 0 unspecified atom stereocenters. The summed E-state index contributed by atoms with van der Waals surface area (Å²) in [4.78, 5) is 10.7. The first-order valence-electron chi connectivity index (χ1n) is 3.12. The molecule has 0 atom stereocenters. The largest absolute Gasteiger partial charge is 0.383 e. The molecule has 0 bridgehead atoms. The van der Waals surface area contributed by atoms with E-state index in [1.165, 1.54) is 0 Å². The SMILES string of the molecule is Cc1c(CCN)o[nH]c1=O. The van der Waals surface area contributed by atoms with Crippen molar-refractivity contribution in [2.45, 2.75) is 13.3 Å². The molecular formula is C6H10N2O2. The highest BCUT2D eigenvalue weighted by molar-refractivity contribution is 5.10. The number of nitrogens with one attached hydrogen (secondary N) is 1. The van der Waals surface area contributed by atoms with Crippen molar-refractivity contribution in [3.05, 3.63) is 21.7 Å². The first-order chi connectivity index (χ1) is 4.75. The first-order valence-corrected chi connectivity index (χ1v) is 3.12. The number of hydrogen-bond donors (Lipinski definition) is 2. The Morgan fingerprint density at radius 2 is 2.40 bits per heavy atom. The highest BCUT2D eigenvalue weighted by Gasteiger charge is 2.04. The number of aromatic amines is 1. The van der Waals surface area contributed by atoms with Crippen molar-refractivity contribution in [3.63, 3.8) is 0 Å². The van der Waals surface area contributed by atoms with Crippen LogP contribution in [0.25, 0.3) is 0 Å². The molecule has 0 spiro atoms. The van der Waals surface area contributed by atoms with Crippen LogP contribution < -0.4 is 11.3 Å². The summed E-state index contributed by atoms with van der Waals surface area (Å²) in [6, 6.07) is 0. The molecule has 56 valence electrons. The molecule has 0 radical (unpaired) electrons. The Kier molecular flexibility index (Phi) is 1.91. The first kappa shape index (κ1) is 7.08. The lowest BCUT2D eigenvalue weighted by Gasteiger charge is -1.88. The second-order valence-corrected chi connectivity index (χ2v) is 2.12. The Labute approximate surface area is 58.0 Å². The third-order valence-corrected chi connectivity index (χ3v) is 1.40. The van der Waals surface area contributed by atoms with Crippen molar-refractivity contribution < 1.29 is 4.52 Å². The van der Waals surface area contributed by atoms with Crippen molar-refractivity contribution in [1.29, 1.82) is 0 Å². The van der Waals surface area contributed by atoms with Crippen LogP contribution in [0.1, 0.15) is 11.3 Å². The van der Waals surface area contributed by atoms with Gasteiger partial charge in [0.05, 0.1) is 5.56 Å². The average Bonchev–Trinajstić information content (AvgIpc) is 2.20. The summed E-state index contributed by atoms with van der Waals surface area (Å²) in [6.07, 6.45) is 0.616. The molecule has 10 heavy (non-hydrogen) atoms. The van der Waals surface area contributed by atoms with E-state index >= 15 is 0 Å². The monoisotopic (exact) mass is 142 g/mol. The minimum atomic E-state index is -0.163. The van der Waals surface area contributed by atoms with Crippen molar-refractivity contribution in [2.75, 3.05) is 6.54 Å². The van der Waals surface area contributed by atoms with E-state index < -0.39 is 0 Å². The van der Waals surface area contributed by atoms with Gasteiger partial charge in [-0.3, -0.25) is 4.79 Å². The highest BCUT2D eigenvalue weighted by atomic mass is 16.5. The molecule has 0 aliphatic rings. The number of H-pyrrole nitrogens is 1. The van der Waals surface area contributed by atoms with E-state index in [4.69, 9.17) is 10.3 Å². The van der Waals surface area contributed by atoms with Crippen LogP contribution in [0.4, 0.5) is 0 Å². The molecule has 4 heteroatoms. The smallest absolute Gasteiger partial charge is 0.283 e. The minimum Gasteiger partial charge on any atom is -0.383 e. The number of nitrogens with two attached hydrogens (primary N) is 1. The van der Waals surface area contributed by atoms with Crippen LogP contribution in [-0.2, 0) is 6.42 Å². The number of rotatable bonds is 2. The van der Waals surface area contributed by atoms with Crippen LogP contribution in [-0.4, -0.2) is 11.7 Å². The highest BCUT2D eigenvalue weighted by Crippen LogP contribution is 1.99. The molecule has 1 aromatic rings. The Balaban J connectivity index is 2.94. The fourth-order valence-electron chi connectivity index (χ4n) is 0.757. The van der Waals surface area contributed by atoms with Gasteiger partial charge in [-0.05, 0) is 13.5 Å². The van der Waals surface area contributed by atoms with E-state index in [-0.39, 0.29) is 5.56 Å². The van der Waals surface area contributed by atoms with E-state index in [2.05, 4.69) is 5.16 Å². The van der Waals surface area contributed by atoms with Gasteiger partial charge >= 0.3 is 0 Å². The van der Waals surface area contributed by atoms with E-state index in [0.717, 1.165) is 0 Å². The summed E-state index contributed by atoms with van der Waals surface area (Å²) in [5.41, 5.74) is 5.73. The zero-order valence-electron chi connectivity index (χ0n) is 5.81. The molecule has 0 aliphatic heterocycles. The summed E-state index contributed by atoms with van der Waals surface area (Å²) in [5, 5.41) is 2.24. The van der Waals surface area contributed by atoms with E-state index in [9.17, 15) is 4.79 Å². The van der Waals surface area contributed by atoms with Gasteiger partial charge in [0.1, 0.15) is 5.76 Å². The second kappa shape index (κ2) is 2.70. The van der Waals surface area contributed by atoms with Gasteiger partial charge in [-0.1, -0.05) is 0 Å². The van der Waals surface area contributed by atoms with Crippen LogP contribution >= 0.6 is 0 Å². The molecule has 0 aromatic carbocycles. The van der Waals surface area contributed by atoms with Gasteiger partial charge in [-0.25, -0.2) is 0 Å². The van der Waals surface area contributed by atoms with Crippen LogP contribution in [0.2, 0.25) is 0 Å². The molecule has 3 N–H and O–H groups in total. The van der Waals surface area contributed by atoms with Crippen LogP contribution in [0.5, 0.6) is 0 Å². The lowest BCUT2D eigenvalue weighted by atomic mass is 10.2. The van der Waals surface area contributed by atoms with Crippen LogP contribution in [0.15, 0.2) is 9.32 Å². The molecule has 1 heterocycles. The van der Waals surface area contributed by atoms with Gasteiger partial charge in [0.2, 0.25) is 0 Å². The van der Waals surface area contributed by atoms with Gasteiger partial charge in [0.25, 0.3) is 5.56 Å². The van der Waals surface area contributed by atoms with Gasteiger partial charge in [-0.2, -0.15) is 5.16 Å². The Morgan fingerprint density at radius 3 is 2.80 bits per heavy atom. The quantitative estimate of drug-likeness (QED) is 0.599. The van der Waals surface area contributed by atoms with Crippen molar-refractivity contribution in [2.24, 2.45) is 5.73 Å². The summed E-state index contributed by atoms with van der Waals surface area (Å²) in [7, 11) is 0. The number of hydrogen-bond acceptors (Lipinski definition) is 3. The lowest BCUT2D eigenvalue weighted by Crippen LogP contribution is -2.05. The molecular weight excluding hydrogens is 132 g/mol. The molecule has 4 nitrogen and oxygen atoms in total. The van der Waals surface area contributed by atoms with Gasteiger partial charge in [0.15, 0.2) is 0 Å². The topological polar surface area (TPSA) is 72.0 Å². The minimum absolute atomic E-state index is 0.163. The zero-order valence-corrected chi connectivity index (χ0v) is 5.81. The molecule has 0 fully saturated rings.